The highest BCUT2D eigenvalue weighted by Gasteiger charge is 2.25. The highest BCUT2D eigenvalue weighted by atomic mass is 31.1. The molecule has 0 aliphatic heterocycles. The van der Waals surface area contributed by atoms with E-state index in [4.69, 9.17) is 4.52 Å². The van der Waals surface area contributed by atoms with Gasteiger partial charge >= 0.3 is 8.69 Å². The predicted molar refractivity (Wildman–Crippen MR) is 87.7 cm³/mol. The Bertz CT molecular complexity index is 657. The van der Waals surface area contributed by atoms with Gasteiger partial charge in [-0.05, 0) is 37.5 Å². The molecule has 114 valence electrons. The van der Waals surface area contributed by atoms with Gasteiger partial charge < -0.3 is 0 Å². The van der Waals surface area contributed by atoms with E-state index in [1.54, 1.807) is 0 Å². The molecule has 2 rings (SSSR count). The summed E-state index contributed by atoms with van der Waals surface area (Å²) < 4.78 is 15.6. The third kappa shape index (κ3) is 3.68. The maximum Gasteiger partial charge on any atom is 0.327 e. The van der Waals surface area contributed by atoms with Crippen LogP contribution in [-0.4, -0.2) is 12.4 Å². The Morgan fingerprint density at radius 1 is 1.09 bits per heavy atom. The Balaban J connectivity index is 2.44. The van der Waals surface area contributed by atoms with Crippen LogP contribution in [0, 0.1) is 20.8 Å². The third-order valence-corrected chi connectivity index (χ3v) is 3.99. The number of carbonyl (C=O) groups is 1. The Labute approximate surface area is 132 Å². The van der Waals surface area contributed by atoms with Gasteiger partial charge in [0.15, 0.2) is 5.78 Å². The summed E-state index contributed by atoms with van der Waals surface area (Å²) in [5.41, 5.74) is 4.66. The van der Waals surface area contributed by atoms with Gasteiger partial charge in [0.1, 0.15) is 0 Å². The van der Waals surface area contributed by atoms with E-state index in [1.807, 2.05) is 63.2 Å². The van der Waals surface area contributed by atoms with Crippen LogP contribution in [0.15, 0.2) is 42.5 Å². The number of hydrogen-bond donors (Lipinski definition) is 0. The summed E-state index contributed by atoms with van der Waals surface area (Å²) in [6.45, 7) is 6.01. The van der Waals surface area contributed by atoms with Crippen LogP contribution in [0.1, 0.15) is 38.5 Å². The molecule has 0 fully saturated rings. The van der Waals surface area contributed by atoms with E-state index in [2.05, 4.69) is 0 Å². The third-order valence-electron chi connectivity index (χ3n) is 3.74. The maximum atomic E-state index is 13.0. The van der Waals surface area contributed by atoms with Gasteiger partial charge in [-0.3, -0.25) is 9.32 Å². The fourth-order valence-corrected chi connectivity index (χ4v) is 3.07. The molecule has 22 heavy (non-hydrogen) atoms. The van der Waals surface area contributed by atoms with Crippen molar-refractivity contribution in [3.63, 3.8) is 0 Å². The zero-order valence-electron chi connectivity index (χ0n) is 13.0. The lowest BCUT2D eigenvalue weighted by molar-refractivity contribution is 0.0933. The van der Waals surface area contributed by atoms with Gasteiger partial charge in [-0.15, -0.1) is 0 Å². The van der Waals surface area contributed by atoms with Crippen molar-refractivity contribution in [1.82, 2.24) is 0 Å². The van der Waals surface area contributed by atoms with Gasteiger partial charge in [0, 0.05) is 5.56 Å². The van der Waals surface area contributed by atoms with Gasteiger partial charge in [0.2, 0.25) is 0 Å². The molecule has 0 saturated carbocycles. The molecule has 0 saturated heterocycles. The zero-order chi connectivity index (χ0) is 16.1. The van der Waals surface area contributed by atoms with Crippen LogP contribution in [0.2, 0.25) is 0 Å². The number of Topliss-reactive ketones (excluding diaryl/α,β-unsaturated/α-hetero) is 1. The van der Waals surface area contributed by atoms with Crippen molar-refractivity contribution in [3.8, 4) is 0 Å². The fourth-order valence-electron chi connectivity index (χ4n) is 2.86. The first-order valence-corrected chi connectivity index (χ1v) is 7.89. The molecule has 4 heteroatoms. The molecular formula is C18H19O3P. The van der Waals surface area contributed by atoms with Crippen molar-refractivity contribution in [3.05, 3.63) is 70.3 Å². The van der Waals surface area contributed by atoms with Crippen molar-refractivity contribution in [2.24, 2.45) is 0 Å². The Morgan fingerprint density at radius 3 is 2.23 bits per heavy atom. The molecule has 0 bridgehead atoms. The molecule has 0 aliphatic rings. The molecule has 0 aliphatic carbocycles. The molecule has 0 heterocycles. The summed E-state index contributed by atoms with van der Waals surface area (Å²) in [5.74, 6) is -0.451. The highest BCUT2D eigenvalue weighted by Crippen LogP contribution is 2.27. The number of hydrogen-bond acceptors (Lipinski definition) is 3. The lowest BCUT2D eigenvalue weighted by atomic mass is 9.86. The predicted octanol–water partition coefficient (Wildman–Crippen LogP) is 4.80. The molecule has 0 N–H and O–H groups in total. The smallest absolute Gasteiger partial charge is 0.293 e. The van der Waals surface area contributed by atoms with Crippen LogP contribution in [0.3, 0.4) is 0 Å². The average Bonchev–Trinajstić information content (AvgIpc) is 2.47. The first kappa shape index (κ1) is 16.5. The first-order chi connectivity index (χ1) is 10.5. The molecule has 0 aromatic heterocycles. The largest absolute Gasteiger partial charge is 0.327 e. The number of aryl methyl sites for hydroxylation is 3. The molecule has 0 spiro atoms. The average molecular weight is 314 g/mol. The molecule has 0 radical (unpaired) electrons. The Hall–Kier alpha value is -1.83. The molecule has 2 aromatic carbocycles. The Kier molecular flexibility index (Phi) is 5.59. The second-order valence-corrected chi connectivity index (χ2v) is 5.88. The van der Waals surface area contributed by atoms with Crippen LogP contribution in [0.25, 0.3) is 0 Å². The van der Waals surface area contributed by atoms with Crippen molar-refractivity contribution < 1.29 is 13.9 Å². The van der Waals surface area contributed by atoms with Gasteiger partial charge in [-0.1, -0.05) is 48.0 Å². The summed E-state index contributed by atoms with van der Waals surface area (Å²) >= 11 is 0. The van der Waals surface area contributed by atoms with E-state index in [0.717, 1.165) is 27.8 Å². The quantitative estimate of drug-likeness (QED) is 0.568. The zero-order valence-corrected chi connectivity index (χ0v) is 13.9. The number of rotatable bonds is 6. The van der Waals surface area contributed by atoms with E-state index in [-0.39, 0.29) is 12.4 Å². The lowest BCUT2D eigenvalue weighted by Crippen LogP contribution is -2.19. The van der Waals surface area contributed by atoms with Crippen LogP contribution in [0.5, 0.6) is 0 Å². The van der Waals surface area contributed by atoms with Gasteiger partial charge in [-0.2, -0.15) is 0 Å². The molecule has 2 aromatic rings. The summed E-state index contributed by atoms with van der Waals surface area (Å²) in [5, 5.41) is 0. The second kappa shape index (κ2) is 7.44. The van der Waals surface area contributed by atoms with Gasteiger partial charge in [-0.25, -0.2) is 4.57 Å². The van der Waals surface area contributed by atoms with E-state index < -0.39 is 14.6 Å². The molecule has 1 unspecified atom stereocenters. The van der Waals surface area contributed by atoms with Crippen LogP contribution < -0.4 is 0 Å². The maximum absolute atomic E-state index is 13.0. The van der Waals surface area contributed by atoms with Crippen molar-refractivity contribution >= 4 is 14.5 Å². The van der Waals surface area contributed by atoms with Gasteiger partial charge in [0.25, 0.3) is 0 Å². The first-order valence-electron chi connectivity index (χ1n) is 7.16. The summed E-state index contributed by atoms with van der Waals surface area (Å²) in [6.07, 6.45) is 0. The SMILES string of the molecule is Cc1cc(C)c(C(=O)C(COP=O)c2ccccc2)c(C)c1. The van der Waals surface area contributed by atoms with E-state index in [1.165, 1.54) is 0 Å². The number of carbonyl (C=O) groups excluding carboxylic acids is 1. The normalized spacial score (nSPS) is 12.3. The van der Waals surface area contributed by atoms with Crippen molar-refractivity contribution in [2.45, 2.75) is 26.7 Å². The van der Waals surface area contributed by atoms with E-state index in [9.17, 15) is 9.36 Å². The minimum atomic E-state index is -0.456. The van der Waals surface area contributed by atoms with E-state index in [0.29, 0.717) is 0 Å². The molecule has 1 atom stereocenters. The summed E-state index contributed by atoms with van der Waals surface area (Å²) in [6, 6.07) is 13.5. The molecule has 3 nitrogen and oxygen atoms in total. The minimum absolute atomic E-state index is 0.00449. The fraction of sp³-hybridized carbons (Fsp3) is 0.278. The molecular weight excluding hydrogens is 295 g/mol. The highest BCUT2D eigenvalue weighted by molar-refractivity contribution is 7.17. The number of ketones is 1. The van der Waals surface area contributed by atoms with Crippen molar-refractivity contribution in [1.29, 1.82) is 0 Å². The van der Waals surface area contributed by atoms with E-state index >= 15 is 0 Å². The number of benzene rings is 2. The second-order valence-electron chi connectivity index (χ2n) is 5.47. The van der Waals surface area contributed by atoms with Crippen LogP contribution in [0.4, 0.5) is 0 Å². The standard InChI is InChI=1S/C18H19O3P/c1-12-9-13(2)17(14(3)10-12)18(19)16(11-21-22-20)15-7-5-4-6-8-15/h4-10,16H,11H2,1-3H3. The summed E-state index contributed by atoms with van der Waals surface area (Å²) in [7, 11) is -0.409. The summed E-state index contributed by atoms with van der Waals surface area (Å²) in [4.78, 5) is 13.0. The minimum Gasteiger partial charge on any atom is -0.293 e. The molecule has 0 amide bonds. The lowest BCUT2D eigenvalue weighted by Gasteiger charge is -2.18. The Morgan fingerprint density at radius 2 is 1.68 bits per heavy atom. The topological polar surface area (TPSA) is 43.4 Å². The van der Waals surface area contributed by atoms with Crippen LogP contribution in [-0.2, 0) is 9.09 Å². The van der Waals surface area contributed by atoms with Crippen molar-refractivity contribution in [2.75, 3.05) is 6.61 Å². The van der Waals surface area contributed by atoms with Crippen LogP contribution >= 0.6 is 8.69 Å². The van der Waals surface area contributed by atoms with Gasteiger partial charge in [0.05, 0.1) is 12.5 Å². The monoisotopic (exact) mass is 314 g/mol.